The van der Waals surface area contributed by atoms with Gasteiger partial charge in [0.2, 0.25) is 11.8 Å². The molecule has 1 aliphatic heterocycles. The van der Waals surface area contributed by atoms with E-state index in [9.17, 15) is 24.6 Å². The predicted octanol–water partition coefficient (Wildman–Crippen LogP) is -2.49. The van der Waals surface area contributed by atoms with Crippen LogP contribution in [0.1, 0.15) is 43.6 Å². The van der Waals surface area contributed by atoms with Gasteiger partial charge < -0.3 is 41.5 Å². The maximum atomic E-state index is 12.0. The van der Waals surface area contributed by atoms with E-state index in [4.69, 9.17) is 15.4 Å². The van der Waals surface area contributed by atoms with Crippen LogP contribution >= 0.6 is 0 Å². The van der Waals surface area contributed by atoms with E-state index in [1.807, 2.05) is 0 Å². The van der Waals surface area contributed by atoms with Crippen molar-refractivity contribution in [1.29, 1.82) is 0 Å². The zero-order valence-electron chi connectivity index (χ0n) is 14.5. The van der Waals surface area contributed by atoms with Gasteiger partial charge in [-0.2, -0.15) is 4.98 Å². The van der Waals surface area contributed by atoms with Crippen LogP contribution in [0.5, 0.6) is 0 Å². The third-order valence-electron chi connectivity index (χ3n) is 3.92. The molecule has 2 rings (SSSR count). The summed E-state index contributed by atoms with van der Waals surface area (Å²) in [5.74, 6) is -2.06. The summed E-state index contributed by atoms with van der Waals surface area (Å²) >= 11 is 0. The molecule has 1 aromatic heterocycles. The molecule has 150 valence electrons. The quantitative estimate of drug-likeness (QED) is 0.250. The van der Waals surface area contributed by atoms with Gasteiger partial charge in [-0.25, -0.2) is 9.59 Å². The monoisotopic (exact) mass is 386 g/mol. The summed E-state index contributed by atoms with van der Waals surface area (Å²) in [5.41, 5.74) is 5.17. The zero-order valence-corrected chi connectivity index (χ0v) is 14.5. The first-order valence-corrected chi connectivity index (χ1v) is 8.18. The highest BCUT2D eigenvalue weighted by Gasteiger charge is 2.31. The van der Waals surface area contributed by atoms with E-state index in [-0.39, 0.29) is 24.2 Å². The van der Waals surface area contributed by atoms with Gasteiger partial charge in [0.25, 0.3) is 0 Å². The maximum absolute atomic E-state index is 12.0. The highest BCUT2D eigenvalue weighted by molar-refractivity contribution is 5.83. The lowest BCUT2D eigenvalue weighted by Gasteiger charge is -2.19. The van der Waals surface area contributed by atoms with Crippen LogP contribution in [0.15, 0.2) is 4.52 Å². The van der Waals surface area contributed by atoms with Crippen molar-refractivity contribution in [1.82, 2.24) is 26.1 Å². The summed E-state index contributed by atoms with van der Waals surface area (Å²) < 4.78 is 5.08. The molecule has 8 N–H and O–H groups in total. The van der Waals surface area contributed by atoms with Crippen LogP contribution in [0.25, 0.3) is 0 Å². The van der Waals surface area contributed by atoms with E-state index in [1.54, 1.807) is 0 Å². The smallest absolute Gasteiger partial charge is 0.328 e. The molecule has 0 aliphatic carbocycles. The minimum absolute atomic E-state index is 0.105. The van der Waals surface area contributed by atoms with Crippen molar-refractivity contribution in [2.45, 2.75) is 50.1 Å². The number of carbonyl (C=O) groups is 3. The van der Waals surface area contributed by atoms with Crippen molar-refractivity contribution < 1.29 is 34.2 Å². The third-order valence-corrected chi connectivity index (χ3v) is 3.92. The number of primary amides is 1. The van der Waals surface area contributed by atoms with Crippen molar-refractivity contribution in [3.8, 4) is 0 Å². The SMILES string of the molecule is C[C@@H](O)[C@H](NC(=O)N[C@@H](CC(N)=O)c1nc([C@@H]2C[C@@H](O)CN2)no1)C(=O)O. The Bertz CT molecular complexity index is 693. The molecule has 0 aromatic carbocycles. The number of hydrogen-bond acceptors (Lipinski definition) is 9. The van der Waals surface area contributed by atoms with Crippen molar-refractivity contribution in [2.75, 3.05) is 6.54 Å². The number of urea groups is 1. The summed E-state index contributed by atoms with van der Waals surface area (Å²) in [6, 6.07) is -3.96. The molecule has 0 unspecified atom stereocenters. The molecule has 0 spiro atoms. The molecule has 2 heterocycles. The fourth-order valence-corrected chi connectivity index (χ4v) is 2.58. The first-order chi connectivity index (χ1) is 12.7. The maximum Gasteiger partial charge on any atom is 0.328 e. The lowest BCUT2D eigenvalue weighted by atomic mass is 10.1. The summed E-state index contributed by atoms with van der Waals surface area (Å²) in [6.07, 6.45) is -1.89. The Balaban J connectivity index is 2.09. The number of nitrogens with one attached hydrogen (secondary N) is 3. The van der Waals surface area contributed by atoms with Gasteiger partial charge in [-0.05, 0) is 13.3 Å². The number of aliphatic hydroxyl groups excluding tert-OH is 2. The number of hydrogen-bond donors (Lipinski definition) is 7. The number of carboxylic acid groups (broad SMARTS) is 1. The van der Waals surface area contributed by atoms with Crippen molar-refractivity contribution in [3.63, 3.8) is 0 Å². The van der Waals surface area contributed by atoms with Gasteiger partial charge in [0.15, 0.2) is 11.9 Å². The average molecular weight is 386 g/mol. The van der Waals surface area contributed by atoms with E-state index in [0.29, 0.717) is 13.0 Å². The number of aliphatic hydroxyl groups is 2. The Hall–Kier alpha value is -2.77. The number of nitrogens with two attached hydrogens (primary N) is 1. The molecule has 0 bridgehead atoms. The molecule has 0 saturated carbocycles. The van der Waals surface area contributed by atoms with E-state index < -0.39 is 42.2 Å². The van der Waals surface area contributed by atoms with Gasteiger partial charge in [0.05, 0.1) is 24.7 Å². The molecule has 0 radical (unpaired) electrons. The number of amides is 3. The van der Waals surface area contributed by atoms with Crippen LogP contribution in [0.3, 0.4) is 0 Å². The summed E-state index contributed by atoms with van der Waals surface area (Å²) in [6.45, 7) is 1.57. The van der Waals surface area contributed by atoms with Gasteiger partial charge in [-0.1, -0.05) is 5.16 Å². The number of nitrogens with zero attached hydrogens (tertiary/aromatic N) is 2. The van der Waals surface area contributed by atoms with Crippen molar-refractivity contribution >= 4 is 17.9 Å². The molecule has 1 aromatic rings. The fourth-order valence-electron chi connectivity index (χ4n) is 2.58. The van der Waals surface area contributed by atoms with Crippen LogP contribution < -0.4 is 21.7 Å². The first-order valence-electron chi connectivity index (χ1n) is 8.18. The number of rotatable bonds is 8. The Labute approximate surface area is 153 Å². The molecule has 13 heteroatoms. The molecule has 13 nitrogen and oxygen atoms in total. The number of carbonyl (C=O) groups excluding carboxylic acids is 2. The second kappa shape index (κ2) is 8.75. The van der Waals surface area contributed by atoms with Crippen molar-refractivity contribution in [2.24, 2.45) is 5.73 Å². The van der Waals surface area contributed by atoms with Crippen molar-refractivity contribution in [3.05, 3.63) is 11.7 Å². The standard InChI is InChI=1S/C14H22N6O7/c1-5(21)10(13(24)25)18-14(26)17-8(3-9(15)23)12-19-11(20-27-12)7-2-6(22)4-16-7/h5-8,10,16,21-22H,2-4H2,1H3,(H2,15,23)(H,24,25)(H2,17,18,26)/t5-,6-,7+,8+,10+/m1/s1. The molecule has 3 amide bonds. The largest absolute Gasteiger partial charge is 0.480 e. The molecular weight excluding hydrogens is 364 g/mol. The molecule has 1 saturated heterocycles. The van der Waals surface area contributed by atoms with Crippen LogP contribution in [0.4, 0.5) is 4.79 Å². The number of aliphatic carboxylic acids is 1. The number of aromatic nitrogens is 2. The Morgan fingerprint density at radius 3 is 2.63 bits per heavy atom. The minimum Gasteiger partial charge on any atom is -0.480 e. The van der Waals surface area contributed by atoms with Crippen LogP contribution in [-0.4, -0.2) is 68.2 Å². The molecule has 5 atom stereocenters. The number of carboxylic acids is 1. The second-order valence-corrected chi connectivity index (χ2v) is 6.24. The Morgan fingerprint density at radius 2 is 2.11 bits per heavy atom. The van der Waals surface area contributed by atoms with E-state index >= 15 is 0 Å². The summed E-state index contributed by atoms with van der Waals surface area (Å²) in [5, 5.41) is 39.1. The predicted molar refractivity (Wildman–Crippen MR) is 87.0 cm³/mol. The van der Waals surface area contributed by atoms with Crippen LogP contribution in [0, 0.1) is 0 Å². The second-order valence-electron chi connectivity index (χ2n) is 6.24. The Morgan fingerprint density at radius 1 is 1.41 bits per heavy atom. The van der Waals surface area contributed by atoms with E-state index in [2.05, 4.69) is 26.1 Å². The third kappa shape index (κ3) is 5.60. The van der Waals surface area contributed by atoms with Gasteiger partial charge in [-0.15, -0.1) is 0 Å². The Kier molecular flexibility index (Phi) is 6.65. The summed E-state index contributed by atoms with van der Waals surface area (Å²) in [4.78, 5) is 38.5. The van der Waals surface area contributed by atoms with Gasteiger partial charge in [0, 0.05) is 6.54 Å². The summed E-state index contributed by atoms with van der Waals surface area (Å²) in [7, 11) is 0. The van der Waals surface area contributed by atoms with E-state index in [1.165, 1.54) is 6.92 Å². The zero-order chi connectivity index (χ0) is 20.1. The lowest BCUT2D eigenvalue weighted by Crippen LogP contribution is -2.52. The molecular formula is C14H22N6O7. The van der Waals surface area contributed by atoms with E-state index in [0.717, 1.165) is 0 Å². The number of β-amino-alcohol motifs (C(OH)–C–C–N with tert-alkyl or cyclic N) is 1. The fraction of sp³-hybridized carbons (Fsp3) is 0.643. The van der Waals surface area contributed by atoms with Gasteiger partial charge in [-0.3, -0.25) is 4.79 Å². The van der Waals surface area contributed by atoms with Crippen LogP contribution in [-0.2, 0) is 9.59 Å². The highest BCUT2D eigenvalue weighted by atomic mass is 16.5. The lowest BCUT2D eigenvalue weighted by molar-refractivity contribution is -0.141. The first kappa shape index (κ1) is 20.5. The molecule has 27 heavy (non-hydrogen) atoms. The van der Waals surface area contributed by atoms with Gasteiger partial charge in [0.1, 0.15) is 6.04 Å². The van der Waals surface area contributed by atoms with Gasteiger partial charge >= 0.3 is 12.0 Å². The average Bonchev–Trinajstić information content (AvgIpc) is 3.19. The molecule has 1 aliphatic rings. The van der Waals surface area contributed by atoms with Crippen LogP contribution in [0.2, 0.25) is 0 Å². The minimum atomic E-state index is -1.55. The topological polar surface area (TPSA) is 213 Å². The normalized spacial score (nSPS) is 22.6. The highest BCUT2D eigenvalue weighted by Crippen LogP contribution is 2.23. The molecule has 1 fully saturated rings.